The Kier molecular flexibility index (Phi) is 9.05. The zero-order valence-electron chi connectivity index (χ0n) is 18.4. The molecule has 2 N–H and O–H groups in total. The lowest BCUT2D eigenvalue weighted by Gasteiger charge is -2.36. The average Bonchev–Trinajstić information content (AvgIpc) is 3.04. The summed E-state index contributed by atoms with van der Waals surface area (Å²) in [6.45, 7) is -0.229. The van der Waals surface area contributed by atoms with Crippen LogP contribution in [-0.4, -0.2) is 59.2 Å². The Bertz CT molecular complexity index is 968. The number of rotatable bonds is 10. The summed E-state index contributed by atoms with van der Waals surface area (Å²) in [6, 6.07) is 1.24. The van der Waals surface area contributed by atoms with E-state index in [9.17, 15) is 14.4 Å². The normalized spacial score (nSPS) is 23.3. The topological polar surface area (TPSA) is 141 Å². The molecule has 15 heteroatoms. The molecule has 2 rings (SSSR count). The predicted molar refractivity (Wildman–Crippen MR) is 115 cm³/mol. The fourth-order valence-electron chi connectivity index (χ4n) is 3.39. The average molecular weight is 513 g/mol. The van der Waals surface area contributed by atoms with Crippen molar-refractivity contribution in [2.75, 3.05) is 25.6 Å². The molecule has 1 aliphatic rings. The molecule has 0 saturated carbocycles. The van der Waals surface area contributed by atoms with E-state index in [1.54, 1.807) is 0 Å². The number of anilines is 1. The molecule has 1 aromatic rings. The molecular formula is C18H26F2N3O8PS. The van der Waals surface area contributed by atoms with E-state index in [2.05, 4.69) is 4.98 Å². The van der Waals surface area contributed by atoms with Crippen molar-refractivity contribution in [1.82, 2.24) is 9.55 Å². The van der Waals surface area contributed by atoms with Gasteiger partial charge in [0.2, 0.25) is 0 Å². The lowest BCUT2D eigenvalue weighted by atomic mass is 9.98. The number of hydrogen-bond acceptors (Lipinski definition) is 11. The molecule has 11 nitrogen and oxygen atoms in total. The third-order valence-electron chi connectivity index (χ3n) is 4.59. The molecule has 0 amide bonds. The highest BCUT2D eigenvalue weighted by Crippen LogP contribution is 2.68. The Morgan fingerprint density at radius 2 is 1.88 bits per heavy atom. The number of nitrogens with zero attached hydrogens (tertiary/aromatic N) is 2. The largest absolute Gasteiger partial charge is 0.463 e. The van der Waals surface area contributed by atoms with Gasteiger partial charge in [0.15, 0.2) is 12.3 Å². The van der Waals surface area contributed by atoms with Gasteiger partial charge in [-0.3, -0.25) is 14.2 Å². The van der Waals surface area contributed by atoms with Crippen molar-refractivity contribution in [2.45, 2.75) is 51.8 Å². The minimum Gasteiger partial charge on any atom is -0.463 e. The van der Waals surface area contributed by atoms with E-state index in [1.165, 1.54) is 19.9 Å². The van der Waals surface area contributed by atoms with Crippen LogP contribution in [0.1, 0.15) is 33.9 Å². The molecule has 1 aliphatic heterocycles. The van der Waals surface area contributed by atoms with Gasteiger partial charge < -0.3 is 29.0 Å². The molecule has 0 radical (unpaired) electrons. The molecule has 1 saturated heterocycles. The first-order valence-corrected chi connectivity index (χ1v) is 12.6. The Morgan fingerprint density at radius 3 is 2.36 bits per heavy atom. The Balaban J connectivity index is 2.65. The summed E-state index contributed by atoms with van der Waals surface area (Å²) in [5, 5.41) is 0. The van der Waals surface area contributed by atoms with Crippen molar-refractivity contribution in [3.8, 4) is 0 Å². The second-order valence-electron chi connectivity index (χ2n) is 6.93. The van der Waals surface area contributed by atoms with E-state index in [0.717, 1.165) is 24.6 Å². The lowest BCUT2D eigenvalue weighted by molar-refractivity contribution is -0.158. The summed E-state index contributed by atoms with van der Waals surface area (Å²) in [6.07, 6.45) is -3.65. The highest BCUT2D eigenvalue weighted by atomic mass is 32.5. The molecule has 33 heavy (non-hydrogen) atoms. The maximum absolute atomic E-state index is 16.0. The zero-order valence-corrected chi connectivity index (χ0v) is 20.1. The molecule has 0 aliphatic carbocycles. The SMILES string of the molecule is CCOP(=S)(OCC)C(F)(F)[C@H]1[C@@H](OC(C)=O)[C@H](n2ccc(N)nc2=O)O[C@@H]1COC(C)=O. The maximum atomic E-state index is 16.0. The van der Waals surface area contributed by atoms with Gasteiger partial charge in [-0.25, -0.2) is 4.79 Å². The van der Waals surface area contributed by atoms with Crippen LogP contribution in [0.15, 0.2) is 17.1 Å². The Hall–Kier alpha value is -1.99. The van der Waals surface area contributed by atoms with Crippen LogP contribution >= 0.6 is 6.49 Å². The Morgan fingerprint density at radius 1 is 1.27 bits per heavy atom. The van der Waals surface area contributed by atoms with Crippen molar-refractivity contribution < 1.29 is 41.6 Å². The van der Waals surface area contributed by atoms with Gasteiger partial charge in [0.25, 0.3) is 6.49 Å². The van der Waals surface area contributed by atoms with Crippen molar-refractivity contribution >= 4 is 36.1 Å². The van der Waals surface area contributed by atoms with Gasteiger partial charge in [-0.2, -0.15) is 13.8 Å². The summed E-state index contributed by atoms with van der Waals surface area (Å²) in [7, 11) is 0. The number of esters is 2. The summed E-state index contributed by atoms with van der Waals surface area (Å²) in [5.41, 5.74) is 0.653. The first-order chi connectivity index (χ1) is 15.4. The van der Waals surface area contributed by atoms with Crippen molar-refractivity contribution in [3.05, 3.63) is 22.7 Å². The number of alkyl halides is 2. The predicted octanol–water partition coefficient (Wildman–Crippen LogP) is 1.81. The molecule has 4 atom stereocenters. The van der Waals surface area contributed by atoms with Gasteiger partial charge in [0, 0.05) is 20.0 Å². The van der Waals surface area contributed by atoms with Gasteiger partial charge >= 0.3 is 23.3 Å². The molecule has 0 unspecified atom stereocenters. The van der Waals surface area contributed by atoms with Crippen LogP contribution in [0, 0.1) is 5.92 Å². The van der Waals surface area contributed by atoms with E-state index in [4.69, 9.17) is 40.8 Å². The van der Waals surface area contributed by atoms with Gasteiger partial charge in [0.1, 0.15) is 24.4 Å². The summed E-state index contributed by atoms with van der Waals surface area (Å²) < 4.78 is 59.2. The minimum absolute atomic E-state index is 0.111. The highest BCUT2D eigenvalue weighted by Gasteiger charge is 2.66. The third-order valence-corrected chi connectivity index (χ3v) is 8.18. The molecule has 1 aromatic heterocycles. The number of nitrogen functional groups attached to an aromatic ring is 1. The smallest absolute Gasteiger partial charge is 0.351 e. The molecule has 0 bridgehead atoms. The van der Waals surface area contributed by atoms with Crippen LogP contribution in [0.3, 0.4) is 0 Å². The second kappa shape index (κ2) is 11.0. The first-order valence-electron chi connectivity index (χ1n) is 9.95. The van der Waals surface area contributed by atoms with Gasteiger partial charge in [-0.1, -0.05) is 0 Å². The number of ether oxygens (including phenoxy) is 3. The van der Waals surface area contributed by atoms with Crippen LogP contribution in [0.25, 0.3) is 0 Å². The molecule has 2 heterocycles. The van der Waals surface area contributed by atoms with Gasteiger partial charge in [-0.15, -0.1) is 0 Å². The van der Waals surface area contributed by atoms with Crippen LogP contribution in [0.2, 0.25) is 0 Å². The van der Waals surface area contributed by atoms with Crippen molar-refractivity contribution in [3.63, 3.8) is 0 Å². The van der Waals surface area contributed by atoms with E-state index < -0.39 is 60.7 Å². The molecular weight excluding hydrogens is 487 g/mol. The van der Waals surface area contributed by atoms with Crippen LogP contribution < -0.4 is 11.4 Å². The minimum atomic E-state index is -4.31. The van der Waals surface area contributed by atoms with Crippen LogP contribution in [0.5, 0.6) is 0 Å². The monoisotopic (exact) mass is 513 g/mol. The second-order valence-corrected chi connectivity index (χ2v) is 10.5. The Labute approximate surface area is 193 Å². The van der Waals surface area contributed by atoms with Crippen molar-refractivity contribution in [1.29, 1.82) is 0 Å². The molecule has 0 aromatic carbocycles. The number of halogens is 2. The lowest BCUT2D eigenvalue weighted by Crippen LogP contribution is -2.45. The number of carbonyl (C=O) groups is 2. The zero-order chi connectivity index (χ0) is 25.0. The van der Waals surface area contributed by atoms with E-state index in [1.807, 2.05) is 0 Å². The van der Waals surface area contributed by atoms with E-state index in [0.29, 0.717) is 0 Å². The standard InChI is InChI=1S/C18H26F2N3O8PS/c1-5-28-32(33,29-6-2)18(19,20)14-12(9-27-10(3)24)31-16(15(14)30-11(4)25)23-8-7-13(21)22-17(23)26/h7-8,12,14-16H,5-6,9H2,1-4H3,(H2,21,22,26)/t12-,14-,15-,16-/m1/s1. The van der Waals surface area contributed by atoms with Crippen molar-refractivity contribution in [2.24, 2.45) is 5.92 Å². The highest BCUT2D eigenvalue weighted by molar-refractivity contribution is 8.10. The van der Waals surface area contributed by atoms with E-state index in [-0.39, 0.29) is 19.0 Å². The summed E-state index contributed by atoms with van der Waals surface area (Å²) in [4.78, 5) is 39.2. The van der Waals surface area contributed by atoms with Gasteiger partial charge in [-0.05, 0) is 31.7 Å². The van der Waals surface area contributed by atoms with Gasteiger partial charge in [0.05, 0.1) is 13.2 Å². The van der Waals surface area contributed by atoms with E-state index >= 15 is 8.78 Å². The number of nitrogens with two attached hydrogens (primary N) is 1. The molecule has 1 fully saturated rings. The first kappa shape index (κ1) is 27.3. The fourth-order valence-corrected chi connectivity index (χ4v) is 6.17. The molecule has 0 spiro atoms. The number of aromatic nitrogens is 2. The summed E-state index contributed by atoms with van der Waals surface area (Å²) >= 11 is 5.14. The fraction of sp³-hybridized carbons (Fsp3) is 0.667. The van der Waals surface area contributed by atoms with Crippen LogP contribution in [-0.2, 0) is 44.7 Å². The maximum Gasteiger partial charge on any atom is 0.351 e. The number of hydrogen-bond donors (Lipinski definition) is 1. The van der Waals surface area contributed by atoms with Crippen LogP contribution in [0.4, 0.5) is 14.6 Å². The summed E-state index contributed by atoms with van der Waals surface area (Å²) in [5.74, 6) is -3.77. The third kappa shape index (κ3) is 5.93. The molecule has 186 valence electrons. The number of carbonyl (C=O) groups excluding carboxylic acids is 2. The quantitative estimate of drug-likeness (QED) is 0.362.